The number of hydrogen-bond acceptors (Lipinski definition) is 2. The minimum Gasteiger partial charge on any atom is -0.347 e. The predicted octanol–water partition coefficient (Wildman–Crippen LogP) is 3.05. The average Bonchev–Trinajstić information content (AvgIpc) is 2.25. The van der Waals surface area contributed by atoms with Crippen LogP contribution in [-0.2, 0) is 4.79 Å². The van der Waals surface area contributed by atoms with E-state index in [9.17, 15) is 4.79 Å². The molecule has 1 aliphatic rings. The summed E-state index contributed by atoms with van der Waals surface area (Å²) in [5, 5.41) is 3.63. The Bertz CT molecular complexity index is 297. The lowest BCUT2D eigenvalue weighted by molar-refractivity contribution is -0.131. The molecule has 2 atom stereocenters. The van der Waals surface area contributed by atoms with Crippen LogP contribution >= 0.6 is 0 Å². The topological polar surface area (TPSA) is 32.3 Å². The summed E-state index contributed by atoms with van der Waals surface area (Å²) in [7, 11) is 3.70. The molecule has 1 fully saturated rings. The first-order valence-electron chi connectivity index (χ1n) is 7.68. The van der Waals surface area contributed by atoms with Gasteiger partial charge >= 0.3 is 0 Å². The first-order chi connectivity index (χ1) is 8.71. The fourth-order valence-corrected chi connectivity index (χ4v) is 3.15. The van der Waals surface area contributed by atoms with Crippen LogP contribution in [0.3, 0.4) is 0 Å². The molecule has 1 aliphatic carbocycles. The van der Waals surface area contributed by atoms with Crippen molar-refractivity contribution < 1.29 is 4.79 Å². The molecule has 0 saturated heterocycles. The molecule has 0 spiro atoms. The number of amides is 1. The van der Waals surface area contributed by atoms with Crippen LogP contribution in [0.2, 0.25) is 0 Å². The SMILES string of the molecule is CC(C)CC(NC1CCCC(C)(C)C1)C(=O)N(C)C. The van der Waals surface area contributed by atoms with Gasteiger partial charge in [-0.2, -0.15) is 0 Å². The quantitative estimate of drug-likeness (QED) is 0.831. The van der Waals surface area contributed by atoms with E-state index in [2.05, 4.69) is 33.0 Å². The number of nitrogens with one attached hydrogen (secondary N) is 1. The van der Waals surface area contributed by atoms with Crippen LogP contribution in [0.4, 0.5) is 0 Å². The molecule has 0 aromatic heterocycles. The second kappa shape index (κ2) is 6.74. The molecule has 1 rings (SSSR count). The van der Waals surface area contributed by atoms with Gasteiger partial charge in [0.25, 0.3) is 0 Å². The van der Waals surface area contributed by atoms with Gasteiger partial charge in [0.2, 0.25) is 5.91 Å². The lowest BCUT2D eigenvalue weighted by atomic mass is 9.75. The number of carbonyl (C=O) groups excluding carboxylic acids is 1. The number of nitrogens with zero attached hydrogens (tertiary/aromatic N) is 1. The Morgan fingerprint density at radius 2 is 2.00 bits per heavy atom. The van der Waals surface area contributed by atoms with Crippen molar-refractivity contribution in [2.24, 2.45) is 11.3 Å². The Labute approximate surface area is 119 Å². The van der Waals surface area contributed by atoms with Gasteiger partial charge in [-0.05, 0) is 37.0 Å². The summed E-state index contributed by atoms with van der Waals surface area (Å²) in [5.41, 5.74) is 0.416. The maximum absolute atomic E-state index is 12.3. The number of carbonyl (C=O) groups is 1. The van der Waals surface area contributed by atoms with E-state index in [1.807, 2.05) is 14.1 Å². The summed E-state index contributed by atoms with van der Waals surface area (Å²) in [6, 6.07) is 0.477. The maximum Gasteiger partial charge on any atom is 0.239 e. The number of rotatable bonds is 5. The zero-order valence-corrected chi connectivity index (χ0v) is 13.6. The van der Waals surface area contributed by atoms with Crippen LogP contribution in [0, 0.1) is 11.3 Å². The standard InChI is InChI=1S/C16H32N2O/c1-12(2)10-14(15(19)18(5)6)17-13-8-7-9-16(3,4)11-13/h12-14,17H,7-11H2,1-6H3. The van der Waals surface area contributed by atoms with Gasteiger partial charge in [-0.1, -0.05) is 34.1 Å². The lowest BCUT2D eigenvalue weighted by Gasteiger charge is -2.38. The lowest BCUT2D eigenvalue weighted by Crippen LogP contribution is -2.50. The molecule has 2 unspecified atom stereocenters. The Hall–Kier alpha value is -0.570. The fraction of sp³-hybridized carbons (Fsp3) is 0.938. The van der Waals surface area contributed by atoms with E-state index in [1.165, 1.54) is 25.7 Å². The molecular weight excluding hydrogens is 236 g/mol. The zero-order valence-electron chi connectivity index (χ0n) is 13.6. The van der Waals surface area contributed by atoms with Crippen LogP contribution in [0.1, 0.15) is 59.8 Å². The summed E-state index contributed by atoms with van der Waals surface area (Å²) in [6.45, 7) is 9.04. The normalized spacial score (nSPS) is 24.3. The summed E-state index contributed by atoms with van der Waals surface area (Å²) in [4.78, 5) is 14.0. The Kier molecular flexibility index (Phi) is 5.84. The second-order valence-electron chi connectivity index (χ2n) is 7.54. The van der Waals surface area contributed by atoms with Crippen molar-refractivity contribution in [1.82, 2.24) is 10.2 Å². The average molecular weight is 268 g/mol. The van der Waals surface area contributed by atoms with Gasteiger partial charge in [-0.15, -0.1) is 0 Å². The second-order valence-corrected chi connectivity index (χ2v) is 7.54. The smallest absolute Gasteiger partial charge is 0.239 e. The van der Waals surface area contributed by atoms with E-state index in [1.54, 1.807) is 4.90 Å². The van der Waals surface area contributed by atoms with Crippen molar-refractivity contribution >= 4 is 5.91 Å². The highest BCUT2D eigenvalue weighted by Gasteiger charge is 2.31. The number of hydrogen-bond donors (Lipinski definition) is 1. The molecule has 3 nitrogen and oxygen atoms in total. The molecule has 0 bridgehead atoms. The van der Waals surface area contributed by atoms with Gasteiger partial charge in [0, 0.05) is 20.1 Å². The molecule has 0 aromatic carbocycles. The van der Waals surface area contributed by atoms with E-state index in [4.69, 9.17) is 0 Å². The van der Waals surface area contributed by atoms with Gasteiger partial charge in [0.1, 0.15) is 0 Å². The first kappa shape index (κ1) is 16.5. The fourth-order valence-electron chi connectivity index (χ4n) is 3.15. The maximum atomic E-state index is 12.3. The largest absolute Gasteiger partial charge is 0.347 e. The highest BCUT2D eigenvalue weighted by atomic mass is 16.2. The third-order valence-corrected chi connectivity index (χ3v) is 4.09. The van der Waals surface area contributed by atoms with Crippen LogP contribution in [0.25, 0.3) is 0 Å². The third-order valence-electron chi connectivity index (χ3n) is 4.09. The van der Waals surface area contributed by atoms with Crippen LogP contribution < -0.4 is 5.32 Å². The molecule has 1 saturated carbocycles. The summed E-state index contributed by atoms with van der Waals surface area (Å²) >= 11 is 0. The van der Waals surface area contributed by atoms with E-state index in [0.29, 0.717) is 17.4 Å². The molecule has 0 heterocycles. The minimum atomic E-state index is -0.0195. The van der Waals surface area contributed by atoms with Gasteiger partial charge in [-0.3, -0.25) is 4.79 Å². The molecule has 3 heteroatoms. The third kappa shape index (κ3) is 5.52. The minimum absolute atomic E-state index is 0.0195. The van der Waals surface area contributed by atoms with Crippen LogP contribution in [0.5, 0.6) is 0 Å². The summed E-state index contributed by atoms with van der Waals surface area (Å²) < 4.78 is 0. The van der Waals surface area contributed by atoms with Crippen molar-refractivity contribution in [3.8, 4) is 0 Å². The molecule has 0 radical (unpaired) electrons. The van der Waals surface area contributed by atoms with Crippen molar-refractivity contribution in [3.05, 3.63) is 0 Å². The van der Waals surface area contributed by atoms with E-state index in [0.717, 1.165) is 6.42 Å². The predicted molar refractivity (Wildman–Crippen MR) is 81.1 cm³/mol. The molecule has 0 aliphatic heterocycles. The van der Waals surface area contributed by atoms with Crippen molar-refractivity contribution in [3.63, 3.8) is 0 Å². The number of likely N-dealkylation sites (N-methyl/N-ethyl adjacent to an activating group) is 1. The molecule has 0 aromatic rings. The van der Waals surface area contributed by atoms with Crippen LogP contribution in [-0.4, -0.2) is 37.0 Å². The van der Waals surface area contributed by atoms with Gasteiger partial charge in [0.15, 0.2) is 0 Å². The molecule has 19 heavy (non-hydrogen) atoms. The highest BCUT2D eigenvalue weighted by molar-refractivity contribution is 5.81. The van der Waals surface area contributed by atoms with E-state index >= 15 is 0 Å². The van der Waals surface area contributed by atoms with Gasteiger partial charge in [-0.25, -0.2) is 0 Å². The zero-order chi connectivity index (χ0) is 14.6. The molecule has 1 amide bonds. The molecule has 1 N–H and O–H groups in total. The molecular formula is C16H32N2O. The van der Waals surface area contributed by atoms with E-state index in [-0.39, 0.29) is 11.9 Å². The van der Waals surface area contributed by atoms with Gasteiger partial charge in [0.05, 0.1) is 6.04 Å². The van der Waals surface area contributed by atoms with Crippen LogP contribution in [0.15, 0.2) is 0 Å². The van der Waals surface area contributed by atoms with E-state index < -0.39 is 0 Å². The first-order valence-corrected chi connectivity index (χ1v) is 7.68. The summed E-state index contributed by atoms with van der Waals surface area (Å²) in [5.74, 6) is 0.759. The van der Waals surface area contributed by atoms with Crippen molar-refractivity contribution in [2.75, 3.05) is 14.1 Å². The van der Waals surface area contributed by atoms with Gasteiger partial charge < -0.3 is 10.2 Å². The molecule has 112 valence electrons. The Balaban J connectivity index is 2.63. The Morgan fingerprint density at radius 3 is 2.47 bits per heavy atom. The summed E-state index contributed by atoms with van der Waals surface area (Å²) in [6.07, 6.45) is 5.89. The highest BCUT2D eigenvalue weighted by Crippen LogP contribution is 2.35. The van der Waals surface area contributed by atoms with Crippen molar-refractivity contribution in [2.45, 2.75) is 71.9 Å². The van der Waals surface area contributed by atoms with Crippen molar-refractivity contribution in [1.29, 1.82) is 0 Å². The Morgan fingerprint density at radius 1 is 1.37 bits per heavy atom. The monoisotopic (exact) mass is 268 g/mol.